The third kappa shape index (κ3) is 2.65. The molecule has 1 atom stereocenters. The van der Waals surface area contributed by atoms with Crippen LogP contribution in [0, 0.1) is 17.2 Å². The van der Waals surface area contributed by atoms with E-state index in [2.05, 4.69) is 5.32 Å². The van der Waals surface area contributed by atoms with Gasteiger partial charge in [0.2, 0.25) is 0 Å². The molecular formula is C12H17N3O. The Morgan fingerprint density at radius 2 is 2.19 bits per heavy atom. The Bertz CT molecular complexity index is 396. The van der Waals surface area contributed by atoms with Gasteiger partial charge in [0.1, 0.15) is 6.07 Å². The first kappa shape index (κ1) is 12.3. The summed E-state index contributed by atoms with van der Waals surface area (Å²) in [6.45, 7) is 4.06. The van der Waals surface area contributed by atoms with Gasteiger partial charge in [-0.25, -0.2) is 0 Å². The van der Waals surface area contributed by atoms with Gasteiger partial charge in [-0.3, -0.25) is 0 Å². The summed E-state index contributed by atoms with van der Waals surface area (Å²) in [5.74, 6) is 0.287. The second-order valence-electron chi connectivity index (χ2n) is 4.06. The normalized spacial score (nSPS) is 12.2. The van der Waals surface area contributed by atoms with Crippen LogP contribution in [0.2, 0.25) is 0 Å². The lowest BCUT2D eigenvalue weighted by molar-refractivity contribution is 0.249. The van der Waals surface area contributed by atoms with Crippen LogP contribution in [0.25, 0.3) is 0 Å². The average molecular weight is 219 g/mol. The van der Waals surface area contributed by atoms with Crippen molar-refractivity contribution >= 4 is 11.4 Å². The number of nitrogens with zero attached hydrogens (tertiary/aromatic N) is 1. The van der Waals surface area contributed by atoms with Gasteiger partial charge >= 0.3 is 0 Å². The standard InChI is InChI=1S/C12H17N3O/c1-8(2)11(7-16)15-10-5-3-4-9(6-13)12(10)14/h3-5,8,11,15-16H,7,14H2,1-2H3/t11-/m1/s1. The Labute approximate surface area is 95.7 Å². The predicted molar refractivity (Wildman–Crippen MR) is 64.9 cm³/mol. The monoisotopic (exact) mass is 219 g/mol. The molecule has 4 heteroatoms. The molecule has 4 N–H and O–H groups in total. The molecule has 0 spiro atoms. The van der Waals surface area contributed by atoms with E-state index in [9.17, 15) is 5.11 Å². The van der Waals surface area contributed by atoms with Gasteiger partial charge in [0.05, 0.1) is 29.6 Å². The number of anilines is 2. The average Bonchev–Trinajstić information content (AvgIpc) is 2.27. The maximum atomic E-state index is 9.21. The van der Waals surface area contributed by atoms with Gasteiger partial charge in [-0.15, -0.1) is 0 Å². The van der Waals surface area contributed by atoms with Crippen LogP contribution in [-0.2, 0) is 0 Å². The summed E-state index contributed by atoms with van der Waals surface area (Å²) in [4.78, 5) is 0. The third-order valence-corrected chi connectivity index (χ3v) is 2.57. The second kappa shape index (κ2) is 5.38. The van der Waals surface area contributed by atoms with E-state index in [1.165, 1.54) is 0 Å². The largest absolute Gasteiger partial charge is 0.396 e. The first-order valence-corrected chi connectivity index (χ1v) is 5.26. The highest BCUT2D eigenvalue weighted by molar-refractivity contribution is 5.73. The molecule has 86 valence electrons. The first-order chi connectivity index (χ1) is 7.60. The molecule has 16 heavy (non-hydrogen) atoms. The minimum absolute atomic E-state index is 0.0356. The number of nitrogen functional groups attached to an aromatic ring is 1. The number of nitrogens with one attached hydrogen (secondary N) is 1. The van der Waals surface area contributed by atoms with Crippen molar-refractivity contribution in [2.45, 2.75) is 19.9 Å². The van der Waals surface area contributed by atoms with Crippen molar-refractivity contribution in [2.24, 2.45) is 5.92 Å². The summed E-state index contributed by atoms with van der Waals surface area (Å²) in [5, 5.41) is 21.2. The zero-order chi connectivity index (χ0) is 12.1. The number of hydrogen-bond donors (Lipinski definition) is 3. The van der Waals surface area contributed by atoms with Crippen LogP contribution in [-0.4, -0.2) is 17.8 Å². The van der Waals surface area contributed by atoms with Crippen molar-refractivity contribution in [2.75, 3.05) is 17.7 Å². The van der Waals surface area contributed by atoms with Crippen LogP contribution in [0.3, 0.4) is 0 Å². The third-order valence-electron chi connectivity index (χ3n) is 2.57. The van der Waals surface area contributed by atoms with Gasteiger partial charge in [-0.2, -0.15) is 5.26 Å². The molecule has 0 bridgehead atoms. The topological polar surface area (TPSA) is 82.1 Å². The van der Waals surface area contributed by atoms with Gasteiger partial charge in [0, 0.05) is 0 Å². The molecule has 4 nitrogen and oxygen atoms in total. The van der Waals surface area contributed by atoms with E-state index in [0.717, 1.165) is 0 Å². The Morgan fingerprint density at radius 1 is 1.50 bits per heavy atom. The number of benzene rings is 1. The highest BCUT2D eigenvalue weighted by atomic mass is 16.3. The lowest BCUT2D eigenvalue weighted by Crippen LogP contribution is -2.29. The smallest absolute Gasteiger partial charge is 0.101 e. The Morgan fingerprint density at radius 3 is 2.69 bits per heavy atom. The minimum Gasteiger partial charge on any atom is -0.396 e. The Balaban J connectivity index is 2.93. The fourth-order valence-corrected chi connectivity index (χ4v) is 1.41. The number of hydrogen-bond acceptors (Lipinski definition) is 4. The summed E-state index contributed by atoms with van der Waals surface area (Å²) in [7, 11) is 0. The van der Waals surface area contributed by atoms with Crippen molar-refractivity contribution in [1.29, 1.82) is 5.26 Å². The SMILES string of the molecule is CC(C)[C@@H](CO)Nc1cccc(C#N)c1N. The molecule has 0 aliphatic rings. The van der Waals surface area contributed by atoms with E-state index in [4.69, 9.17) is 11.0 Å². The Kier molecular flexibility index (Phi) is 4.15. The van der Waals surface area contributed by atoms with Crippen LogP contribution >= 0.6 is 0 Å². The number of aliphatic hydroxyl groups excluding tert-OH is 1. The second-order valence-corrected chi connectivity index (χ2v) is 4.06. The number of nitriles is 1. The number of aliphatic hydroxyl groups is 1. The lowest BCUT2D eigenvalue weighted by atomic mass is 10.0. The molecule has 0 aliphatic carbocycles. The van der Waals surface area contributed by atoms with Gasteiger partial charge < -0.3 is 16.2 Å². The maximum absolute atomic E-state index is 9.21. The molecule has 0 unspecified atom stereocenters. The van der Waals surface area contributed by atoms with Crippen LogP contribution in [0.15, 0.2) is 18.2 Å². The number of rotatable bonds is 4. The fourth-order valence-electron chi connectivity index (χ4n) is 1.41. The van der Waals surface area contributed by atoms with Crippen molar-refractivity contribution in [3.05, 3.63) is 23.8 Å². The highest BCUT2D eigenvalue weighted by Gasteiger charge is 2.13. The quantitative estimate of drug-likeness (QED) is 0.671. The minimum atomic E-state index is -0.0590. The number of para-hydroxylation sites is 1. The van der Waals surface area contributed by atoms with Crippen LogP contribution in [0.5, 0.6) is 0 Å². The van der Waals surface area contributed by atoms with E-state index < -0.39 is 0 Å². The molecule has 0 saturated heterocycles. The van der Waals surface area contributed by atoms with Gasteiger partial charge in [0.25, 0.3) is 0 Å². The number of nitrogens with two attached hydrogens (primary N) is 1. The maximum Gasteiger partial charge on any atom is 0.101 e. The molecule has 1 rings (SSSR count). The van der Waals surface area contributed by atoms with Crippen molar-refractivity contribution in [1.82, 2.24) is 0 Å². The molecule has 0 radical (unpaired) electrons. The highest BCUT2D eigenvalue weighted by Crippen LogP contribution is 2.23. The first-order valence-electron chi connectivity index (χ1n) is 5.26. The summed E-state index contributed by atoms with van der Waals surface area (Å²) >= 11 is 0. The molecule has 0 saturated carbocycles. The molecule has 0 aromatic heterocycles. The van der Waals surface area contributed by atoms with E-state index in [-0.39, 0.29) is 18.6 Å². The van der Waals surface area contributed by atoms with Gasteiger partial charge in [-0.1, -0.05) is 19.9 Å². The zero-order valence-electron chi connectivity index (χ0n) is 9.57. The molecule has 0 aliphatic heterocycles. The van der Waals surface area contributed by atoms with Crippen molar-refractivity contribution < 1.29 is 5.11 Å². The van der Waals surface area contributed by atoms with Crippen molar-refractivity contribution in [3.8, 4) is 6.07 Å². The van der Waals surface area contributed by atoms with E-state index >= 15 is 0 Å². The van der Waals surface area contributed by atoms with Crippen LogP contribution in [0.4, 0.5) is 11.4 Å². The predicted octanol–water partition coefficient (Wildman–Crippen LogP) is 1.57. The molecule has 1 aromatic carbocycles. The van der Waals surface area contributed by atoms with Gasteiger partial charge in [0.15, 0.2) is 0 Å². The lowest BCUT2D eigenvalue weighted by Gasteiger charge is -2.22. The summed E-state index contributed by atoms with van der Waals surface area (Å²) in [5.41, 5.74) is 7.41. The molecule has 0 heterocycles. The molecule has 1 aromatic rings. The summed E-state index contributed by atoms with van der Waals surface area (Å²) < 4.78 is 0. The molecule has 0 amide bonds. The Hall–Kier alpha value is -1.73. The van der Waals surface area contributed by atoms with E-state index in [1.807, 2.05) is 19.9 Å². The summed E-state index contributed by atoms with van der Waals surface area (Å²) in [6, 6.07) is 7.22. The van der Waals surface area contributed by atoms with E-state index in [1.54, 1.807) is 18.2 Å². The molecular weight excluding hydrogens is 202 g/mol. The van der Waals surface area contributed by atoms with Crippen molar-refractivity contribution in [3.63, 3.8) is 0 Å². The summed E-state index contributed by atoms with van der Waals surface area (Å²) in [6.07, 6.45) is 0. The van der Waals surface area contributed by atoms with E-state index in [0.29, 0.717) is 16.9 Å². The van der Waals surface area contributed by atoms with Gasteiger partial charge in [-0.05, 0) is 18.1 Å². The molecule has 0 fully saturated rings. The zero-order valence-corrected chi connectivity index (χ0v) is 9.57. The van der Waals surface area contributed by atoms with Crippen LogP contribution in [0.1, 0.15) is 19.4 Å². The van der Waals surface area contributed by atoms with Crippen LogP contribution < -0.4 is 11.1 Å². The fraction of sp³-hybridized carbons (Fsp3) is 0.417.